The van der Waals surface area contributed by atoms with Gasteiger partial charge in [-0.15, -0.1) is 0 Å². The van der Waals surface area contributed by atoms with Crippen LogP contribution in [0.15, 0.2) is 66.7 Å². The fraction of sp³-hybridized carbons (Fsp3) is 0.240. The number of amides is 1. The molecular formula is C25H24ClNO3. The Morgan fingerprint density at radius 3 is 2.53 bits per heavy atom. The highest BCUT2D eigenvalue weighted by Gasteiger charge is 2.22. The monoisotopic (exact) mass is 421 g/mol. The molecule has 154 valence electrons. The highest BCUT2D eigenvalue weighted by molar-refractivity contribution is 6.30. The van der Waals surface area contributed by atoms with Gasteiger partial charge in [0.1, 0.15) is 18.1 Å². The maximum atomic E-state index is 13.2. The van der Waals surface area contributed by atoms with E-state index in [1.165, 1.54) is 11.1 Å². The van der Waals surface area contributed by atoms with Gasteiger partial charge in [0.15, 0.2) is 0 Å². The molecule has 0 radical (unpaired) electrons. The third kappa shape index (κ3) is 4.60. The number of hydrogen-bond acceptors (Lipinski definition) is 3. The van der Waals surface area contributed by atoms with Crippen molar-refractivity contribution in [3.8, 4) is 11.5 Å². The molecule has 0 bridgehead atoms. The summed E-state index contributed by atoms with van der Waals surface area (Å²) in [6.45, 7) is 4.15. The van der Waals surface area contributed by atoms with Crippen molar-refractivity contribution in [3.05, 3.63) is 94.0 Å². The molecule has 0 aliphatic carbocycles. The van der Waals surface area contributed by atoms with Crippen molar-refractivity contribution in [1.82, 2.24) is 4.90 Å². The Balaban J connectivity index is 1.52. The van der Waals surface area contributed by atoms with Crippen LogP contribution >= 0.6 is 11.6 Å². The van der Waals surface area contributed by atoms with Gasteiger partial charge < -0.3 is 14.4 Å². The molecule has 1 amide bonds. The van der Waals surface area contributed by atoms with Crippen molar-refractivity contribution < 1.29 is 14.3 Å². The van der Waals surface area contributed by atoms with Gasteiger partial charge in [0.2, 0.25) is 0 Å². The molecular weight excluding hydrogens is 398 g/mol. The maximum absolute atomic E-state index is 13.2. The van der Waals surface area contributed by atoms with E-state index in [0.29, 0.717) is 36.1 Å². The van der Waals surface area contributed by atoms with E-state index >= 15 is 0 Å². The lowest BCUT2D eigenvalue weighted by Crippen LogP contribution is -2.36. The van der Waals surface area contributed by atoms with Crippen LogP contribution in [0.3, 0.4) is 0 Å². The molecule has 4 rings (SSSR count). The number of rotatable bonds is 6. The Bertz CT molecular complexity index is 1030. The van der Waals surface area contributed by atoms with E-state index < -0.39 is 0 Å². The number of ether oxygens (including phenoxy) is 2. The van der Waals surface area contributed by atoms with Crippen LogP contribution in [0, 0.1) is 0 Å². The van der Waals surface area contributed by atoms with Crippen LogP contribution in [-0.2, 0) is 19.6 Å². The quantitative estimate of drug-likeness (QED) is 0.526. The second-order valence-electron chi connectivity index (χ2n) is 7.24. The third-order valence-electron chi connectivity index (χ3n) is 5.23. The van der Waals surface area contributed by atoms with Gasteiger partial charge in [-0.05, 0) is 66.9 Å². The fourth-order valence-electron chi connectivity index (χ4n) is 3.67. The first-order valence-electron chi connectivity index (χ1n) is 10.1. The van der Waals surface area contributed by atoms with E-state index in [1.807, 2.05) is 48.2 Å². The molecule has 5 heteroatoms. The van der Waals surface area contributed by atoms with Crippen molar-refractivity contribution in [2.24, 2.45) is 0 Å². The van der Waals surface area contributed by atoms with Gasteiger partial charge in [-0.1, -0.05) is 35.9 Å². The van der Waals surface area contributed by atoms with E-state index in [0.717, 1.165) is 24.3 Å². The first-order valence-corrected chi connectivity index (χ1v) is 10.5. The first-order chi connectivity index (χ1) is 14.6. The van der Waals surface area contributed by atoms with Crippen molar-refractivity contribution in [3.63, 3.8) is 0 Å². The molecule has 0 saturated heterocycles. The summed E-state index contributed by atoms with van der Waals surface area (Å²) in [6, 6.07) is 21.1. The predicted molar refractivity (Wildman–Crippen MR) is 118 cm³/mol. The number of halogens is 1. The Hall–Kier alpha value is -2.98. The van der Waals surface area contributed by atoms with Gasteiger partial charge in [0, 0.05) is 29.2 Å². The van der Waals surface area contributed by atoms with Crippen LogP contribution in [0.25, 0.3) is 0 Å². The summed E-state index contributed by atoms with van der Waals surface area (Å²) < 4.78 is 11.6. The minimum Gasteiger partial charge on any atom is -0.493 e. The fourth-order valence-corrected chi connectivity index (χ4v) is 3.79. The zero-order chi connectivity index (χ0) is 20.9. The SMILES string of the molecule is CCOc1ccc(C(=O)N2CCc3ccccc3C2)cc1COc1ccc(Cl)cc1. The van der Waals surface area contributed by atoms with E-state index in [1.54, 1.807) is 12.1 Å². The van der Waals surface area contributed by atoms with Gasteiger partial charge >= 0.3 is 0 Å². The van der Waals surface area contributed by atoms with Gasteiger partial charge in [-0.3, -0.25) is 4.79 Å². The molecule has 0 fully saturated rings. The Kier molecular flexibility index (Phi) is 6.24. The zero-order valence-electron chi connectivity index (χ0n) is 16.9. The summed E-state index contributed by atoms with van der Waals surface area (Å²) in [5.74, 6) is 1.47. The largest absolute Gasteiger partial charge is 0.493 e. The summed E-state index contributed by atoms with van der Waals surface area (Å²) in [7, 11) is 0. The molecule has 1 aliphatic rings. The summed E-state index contributed by atoms with van der Waals surface area (Å²) in [6.07, 6.45) is 0.880. The molecule has 1 heterocycles. The lowest BCUT2D eigenvalue weighted by atomic mass is 9.99. The number of carbonyl (C=O) groups excluding carboxylic acids is 1. The summed E-state index contributed by atoms with van der Waals surface area (Å²) in [5, 5.41) is 0.660. The molecule has 0 atom stereocenters. The molecule has 0 saturated carbocycles. The number of hydrogen-bond donors (Lipinski definition) is 0. The van der Waals surface area contributed by atoms with Crippen molar-refractivity contribution in [2.75, 3.05) is 13.2 Å². The van der Waals surface area contributed by atoms with Crippen LogP contribution in [0.5, 0.6) is 11.5 Å². The standard InChI is InChI=1S/C25H24ClNO3/c1-2-29-24-12-7-19(15-21(24)17-30-23-10-8-22(26)9-11-23)25(28)27-14-13-18-5-3-4-6-20(18)16-27/h3-12,15H,2,13-14,16-17H2,1H3. The summed E-state index contributed by atoms with van der Waals surface area (Å²) in [4.78, 5) is 15.1. The van der Waals surface area contributed by atoms with Crippen LogP contribution in [0.2, 0.25) is 5.02 Å². The highest BCUT2D eigenvalue weighted by Crippen LogP contribution is 2.26. The van der Waals surface area contributed by atoms with Crippen LogP contribution in [-0.4, -0.2) is 24.0 Å². The molecule has 3 aromatic carbocycles. The van der Waals surface area contributed by atoms with E-state index in [4.69, 9.17) is 21.1 Å². The van der Waals surface area contributed by atoms with Gasteiger partial charge in [0.25, 0.3) is 5.91 Å². The number of carbonyl (C=O) groups is 1. The molecule has 3 aromatic rings. The van der Waals surface area contributed by atoms with E-state index in [-0.39, 0.29) is 5.91 Å². The number of fused-ring (bicyclic) bond motifs is 1. The molecule has 4 nitrogen and oxygen atoms in total. The third-order valence-corrected chi connectivity index (χ3v) is 5.49. The Morgan fingerprint density at radius 2 is 1.77 bits per heavy atom. The first kappa shape index (κ1) is 20.3. The lowest BCUT2D eigenvalue weighted by Gasteiger charge is -2.29. The normalized spacial score (nSPS) is 12.9. The molecule has 30 heavy (non-hydrogen) atoms. The Labute approximate surface area is 182 Å². The highest BCUT2D eigenvalue weighted by atomic mass is 35.5. The summed E-state index contributed by atoms with van der Waals surface area (Å²) >= 11 is 5.94. The topological polar surface area (TPSA) is 38.8 Å². The Morgan fingerprint density at radius 1 is 1.00 bits per heavy atom. The molecule has 0 unspecified atom stereocenters. The van der Waals surface area contributed by atoms with Crippen molar-refractivity contribution in [2.45, 2.75) is 26.5 Å². The van der Waals surface area contributed by atoms with Gasteiger partial charge in [0.05, 0.1) is 6.61 Å². The van der Waals surface area contributed by atoms with Gasteiger partial charge in [-0.2, -0.15) is 0 Å². The molecule has 0 spiro atoms. The lowest BCUT2D eigenvalue weighted by molar-refractivity contribution is 0.0734. The maximum Gasteiger partial charge on any atom is 0.254 e. The molecule has 0 N–H and O–H groups in total. The van der Waals surface area contributed by atoms with Gasteiger partial charge in [-0.25, -0.2) is 0 Å². The minimum absolute atomic E-state index is 0.0281. The van der Waals surface area contributed by atoms with Crippen LogP contribution in [0.1, 0.15) is 34.0 Å². The van der Waals surface area contributed by atoms with E-state index in [2.05, 4.69) is 18.2 Å². The predicted octanol–water partition coefficient (Wildman–Crippen LogP) is 5.52. The smallest absolute Gasteiger partial charge is 0.254 e. The number of benzene rings is 3. The van der Waals surface area contributed by atoms with E-state index in [9.17, 15) is 4.79 Å². The van der Waals surface area contributed by atoms with Crippen molar-refractivity contribution in [1.29, 1.82) is 0 Å². The summed E-state index contributed by atoms with van der Waals surface area (Å²) in [5.41, 5.74) is 4.03. The average molecular weight is 422 g/mol. The van der Waals surface area contributed by atoms with Crippen LogP contribution in [0.4, 0.5) is 0 Å². The molecule has 0 aromatic heterocycles. The average Bonchev–Trinajstić information content (AvgIpc) is 2.79. The second-order valence-corrected chi connectivity index (χ2v) is 7.68. The molecule has 1 aliphatic heterocycles. The van der Waals surface area contributed by atoms with Crippen molar-refractivity contribution >= 4 is 17.5 Å². The number of nitrogens with zero attached hydrogens (tertiary/aromatic N) is 1. The van der Waals surface area contributed by atoms with Crippen LogP contribution < -0.4 is 9.47 Å². The minimum atomic E-state index is 0.0281. The second kappa shape index (κ2) is 9.23. The zero-order valence-corrected chi connectivity index (χ0v) is 17.7.